The first-order valence-electron chi connectivity index (χ1n) is 9.65. The van der Waals surface area contributed by atoms with E-state index in [1.807, 2.05) is 0 Å². The molecule has 1 N–H and O–H groups in total. The third-order valence-corrected chi connectivity index (χ3v) is 6.86. The fraction of sp³-hybridized carbons (Fsp3) is 0.632. The number of nitrogens with zero attached hydrogens (tertiary/aromatic N) is 3. The number of aromatic amines is 1. The first-order chi connectivity index (χ1) is 12.9. The van der Waals surface area contributed by atoms with E-state index in [1.165, 1.54) is 4.90 Å². The maximum Gasteiger partial charge on any atom is 0.254 e. The highest BCUT2D eigenvalue weighted by Crippen LogP contribution is 2.56. The zero-order valence-electron chi connectivity index (χ0n) is 15.2. The molecule has 1 aromatic rings. The van der Waals surface area contributed by atoms with Gasteiger partial charge in [-0.2, -0.15) is 0 Å². The summed E-state index contributed by atoms with van der Waals surface area (Å²) in [5.74, 6) is 0.176. The highest BCUT2D eigenvalue weighted by Gasteiger charge is 2.61. The molecule has 0 radical (unpaired) electrons. The molecule has 4 atom stereocenters. The van der Waals surface area contributed by atoms with Crippen molar-refractivity contribution in [3.05, 3.63) is 27.4 Å². The zero-order valence-corrected chi connectivity index (χ0v) is 15.2. The SMILES string of the molecule is Cc1nc2c(c(=O)[nH]1)CCN(C(=O)CN1C(=O)[C@@H]3[C@H]4CC[C@@H](C4)[C@@H]3C1=O)C2. The molecule has 1 aromatic heterocycles. The van der Waals surface area contributed by atoms with Gasteiger partial charge in [0.2, 0.25) is 17.7 Å². The summed E-state index contributed by atoms with van der Waals surface area (Å²) >= 11 is 0. The average molecular weight is 370 g/mol. The van der Waals surface area contributed by atoms with Crippen LogP contribution < -0.4 is 5.56 Å². The molecule has 1 saturated heterocycles. The van der Waals surface area contributed by atoms with Crippen molar-refractivity contribution < 1.29 is 14.4 Å². The van der Waals surface area contributed by atoms with Gasteiger partial charge in [0, 0.05) is 12.1 Å². The van der Waals surface area contributed by atoms with Crippen LogP contribution in [0.25, 0.3) is 0 Å². The molecule has 3 amide bonds. The Morgan fingerprint density at radius 2 is 1.81 bits per heavy atom. The number of aromatic nitrogens is 2. The van der Waals surface area contributed by atoms with Crippen LogP contribution in [0.5, 0.6) is 0 Å². The van der Waals surface area contributed by atoms with Gasteiger partial charge in [0.1, 0.15) is 12.4 Å². The molecular formula is C19H22N4O4. The van der Waals surface area contributed by atoms with Crippen LogP contribution in [0.4, 0.5) is 0 Å². The third kappa shape index (κ3) is 2.38. The summed E-state index contributed by atoms with van der Waals surface area (Å²) in [4.78, 5) is 60.1. The van der Waals surface area contributed by atoms with Crippen LogP contribution in [0.1, 0.15) is 36.3 Å². The van der Waals surface area contributed by atoms with Crippen LogP contribution >= 0.6 is 0 Å². The van der Waals surface area contributed by atoms with E-state index < -0.39 is 0 Å². The first-order valence-corrected chi connectivity index (χ1v) is 9.65. The van der Waals surface area contributed by atoms with Crippen LogP contribution in [0.15, 0.2) is 4.79 Å². The van der Waals surface area contributed by atoms with Gasteiger partial charge in [0.15, 0.2) is 0 Å². The molecule has 4 aliphatic rings. The van der Waals surface area contributed by atoms with Gasteiger partial charge in [-0.15, -0.1) is 0 Å². The van der Waals surface area contributed by atoms with E-state index >= 15 is 0 Å². The summed E-state index contributed by atoms with van der Waals surface area (Å²) in [6, 6.07) is 0. The van der Waals surface area contributed by atoms with Gasteiger partial charge in [-0.25, -0.2) is 4.98 Å². The second kappa shape index (κ2) is 5.74. The largest absolute Gasteiger partial charge is 0.335 e. The van der Waals surface area contributed by atoms with Crippen LogP contribution in [0, 0.1) is 30.6 Å². The number of aryl methyl sites for hydroxylation is 1. The number of nitrogens with one attached hydrogen (secondary N) is 1. The van der Waals surface area contributed by atoms with Crippen molar-refractivity contribution in [2.75, 3.05) is 13.1 Å². The minimum atomic E-state index is -0.255. The van der Waals surface area contributed by atoms with E-state index in [2.05, 4.69) is 9.97 Å². The lowest BCUT2D eigenvalue weighted by Gasteiger charge is -2.29. The lowest BCUT2D eigenvalue weighted by Crippen LogP contribution is -2.46. The zero-order chi connectivity index (χ0) is 18.9. The van der Waals surface area contributed by atoms with Crippen LogP contribution in [-0.2, 0) is 27.3 Å². The number of hydrogen-bond donors (Lipinski definition) is 1. The lowest BCUT2D eigenvalue weighted by molar-refractivity contribution is -0.147. The Bertz CT molecular complexity index is 895. The van der Waals surface area contributed by atoms with Crippen LogP contribution in [0.3, 0.4) is 0 Å². The maximum atomic E-state index is 12.8. The Hall–Kier alpha value is -2.51. The molecule has 0 spiro atoms. The van der Waals surface area contributed by atoms with Gasteiger partial charge in [-0.05, 0) is 44.4 Å². The van der Waals surface area contributed by atoms with E-state index in [0.717, 1.165) is 19.3 Å². The number of carbonyl (C=O) groups excluding carboxylic acids is 3. The molecule has 2 saturated carbocycles. The van der Waals surface area contributed by atoms with E-state index in [1.54, 1.807) is 11.8 Å². The van der Waals surface area contributed by atoms with Gasteiger partial charge in [0.05, 0.1) is 24.1 Å². The molecule has 5 rings (SSSR count). The van der Waals surface area contributed by atoms with Gasteiger partial charge >= 0.3 is 0 Å². The Morgan fingerprint density at radius 3 is 2.48 bits per heavy atom. The maximum absolute atomic E-state index is 12.8. The molecular weight excluding hydrogens is 348 g/mol. The van der Waals surface area contributed by atoms with Crippen molar-refractivity contribution in [2.45, 2.75) is 39.2 Å². The van der Waals surface area contributed by atoms with Crippen LogP contribution in [0.2, 0.25) is 0 Å². The number of likely N-dealkylation sites (tertiary alicyclic amines) is 1. The van der Waals surface area contributed by atoms with Gasteiger partial charge in [-0.1, -0.05) is 0 Å². The minimum absolute atomic E-state index is 0.155. The molecule has 0 aromatic carbocycles. The standard InChI is InChI=1S/C19H22N4O4/c1-9-20-13-7-22(5-4-12(13)17(25)21-9)14(24)8-23-18(26)15-10-2-3-11(6-10)16(15)19(23)27/h10-11,15-16H,2-8H2,1H3,(H,20,21,25)/t10-,11-,15-,16+/m0/s1. The average Bonchev–Trinajstić information content (AvgIpc) is 3.31. The molecule has 3 fully saturated rings. The number of H-pyrrole nitrogens is 1. The molecule has 8 nitrogen and oxygen atoms in total. The smallest absolute Gasteiger partial charge is 0.254 e. The number of imide groups is 1. The molecule has 2 bridgehead atoms. The van der Waals surface area contributed by atoms with Crippen molar-refractivity contribution in [3.8, 4) is 0 Å². The fourth-order valence-electron chi connectivity index (χ4n) is 5.64. The number of amides is 3. The number of carbonyl (C=O) groups is 3. The van der Waals surface area contributed by atoms with E-state index in [4.69, 9.17) is 0 Å². The quantitative estimate of drug-likeness (QED) is 0.738. The second-order valence-electron chi connectivity index (χ2n) is 8.29. The predicted molar refractivity (Wildman–Crippen MR) is 93.2 cm³/mol. The topological polar surface area (TPSA) is 103 Å². The summed E-state index contributed by atoms with van der Waals surface area (Å²) in [6.07, 6.45) is 3.46. The van der Waals surface area contributed by atoms with Gasteiger partial charge in [-0.3, -0.25) is 24.1 Å². The molecule has 2 aliphatic heterocycles. The normalized spacial score (nSPS) is 31.4. The van der Waals surface area contributed by atoms with Crippen molar-refractivity contribution in [2.24, 2.45) is 23.7 Å². The van der Waals surface area contributed by atoms with Gasteiger partial charge < -0.3 is 9.88 Å². The number of hydrogen-bond acceptors (Lipinski definition) is 5. The number of fused-ring (bicyclic) bond motifs is 6. The fourth-order valence-corrected chi connectivity index (χ4v) is 5.64. The first kappa shape index (κ1) is 16.6. The van der Waals surface area contributed by atoms with E-state index in [9.17, 15) is 19.2 Å². The predicted octanol–water partition coefficient (Wildman–Crippen LogP) is -0.00588. The highest BCUT2D eigenvalue weighted by molar-refractivity contribution is 6.08. The van der Waals surface area contributed by atoms with Crippen molar-refractivity contribution in [3.63, 3.8) is 0 Å². The molecule has 2 aliphatic carbocycles. The highest BCUT2D eigenvalue weighted by atomic mass is 16.2. The van der Waals surface area contributed by atoms with E-state index in [-0.39, 0.29) is 48.2 Å². The monoisotopic (exact) mass is 370 g/mol. The molecule has 8 heteroatoms. The summed E-state index contributed by atoms with van der Waals surface area (Å²) in [5, 5.41) is 0. The Morgan fingerprint density at radius 1 is 1.15 bits per heavy atom. The Kier molecular flexibility index (Phi) is 3.54. The molecule has 0 unspecified atom stereocenters. The summed E-state index contributed by atoms with van der Waals surface area (Å²) in [7, 11) is 0. The van der Waals surface area contributed by atoms with Crippen molar-refractivity contribution in [1.82, 2.24) is 19.8 Å². The van der Waals surface area contributed by atoms with Crippen molar-refractivity contribution in [1.29, 1.82) is 0 Å². The molecule has 3 heterocycles. The molecule has 142 valence electrons. The number of rotatable bonds is 2. The lowest BCUT2D eigenvalue weighted by atomic mass is 9.81. The van der Waals surface area contributed by atoms with Gasteiger partial charge in [0.25, 0.3) is 5.56 Å². The summed E-state index contributed by atoms with van der Waals surface area (Å²) in [5.41, 5.74) is 1.06. The minimum Gasteiger partial charge on any atom is -0.335 e. The Balaban J connectivity index is 1.32. The molecule has 27 heavy (non-hydrogen) atoms. The summed E-state index contributed by atoms with van der Waals surface area (Å²) < 4.78 is 0. The van der Waals surface area contributed by atoms with E-state index in [0.29, 0.717) is 41.9 Å². The third-order valence-electron chi connectivity index (χ3n) is 6.86. The van der Waals surface area contributed by atoms with Crippen LogP contribution in [-0.4, -0.2) is 50.6 Å². The summed E-state index contributed by atoms with van der Waals surface area (Å²) in [6.45, 7) is 2.15. The van der Waals surface area contributed by atoms with Crippen molar-refractivity contribution >= 4 is 17.7 Å². The Labute approximate surface area is 155 Å². The second-order valence-corrected chi connectivity index (χ2v) is 8.29.